The molecule has 1 unspecified atom stereocenters. The van der Waals surface area contributed by atoms with E-state index < -0.39 is 17.8 Å². The number of oxime groups is 2. The summed E-state index contributed by atoms with van der Waals surface area (Å²) < 4.78 is 38.6. The molecule has 0 radical (unpaired) electrons. The number of benzene rings is 2. The van der Waals surface area contributed by atoms with E-state index >= 15 is 0 Å². The van der Waals surface area contributed by atoms with Crippen molar-refractivity contribution < 1.29 is 22.8 Å². The Morgan fingerprint density at radius 3 is 2.52 bits per heavy atom. The second-order valence-electron chi connectivity index (χ2n) is 5.92. The molecule has 2 aromatic carbocycles. The number of nitrogens with zero attached hydrogens (tertiary/aromatic N) is 3. The van der Waals surface area contributed by atoms with Crippen molar-refractivity contribution in [3.8, 4) is 0 Å². The predicted molar refractivity (Wildman–Crippen MR) is 106 cm³/mol. The Balaban J connectivity index is 2.22. The molecular weight excluding hydrogens is 385 g/mol. The molecule has 0 saturated carbocycles. The van der Waals surface area contributed by atoms with Gasteiger partial charge in [-0.2, -0.15) is 13.2 Å². The van der Waals surface area contributed by atoms with Crippen LogP contribution < -0.4 is 5.73 Å². The lowest BCUT2D eigenvalue weighted by molar-refractivity contribution is -0.137. The average molecular weight is 406 g/mol. The molecular formula is C20H21F3N4O2. The molecule has 0 aliphatic carbocycles. The van der Waals surface area contributed by atoms with Crippen LogP contribution >= 0.6 is 0 Å². The molecule has 6 nitrogen and oxygen atoms in total. The summed E-state index contributed by atoms with van der Waals surface area (Å²) >= 11 is 0. The average Bonchev–Trinajstić information content (AvgIpc) is 2.71. The second kappa shape index (κ2) is 9.72. The van der Waals surface area contributed by atoms with Crippen molar-refractivity contribution in [1.29, 1.82) is 0 Å². The van der Waals surface area contributed by atoms with Crippen LogP contribution in [0.25, 0.3) is 0 Å². The van der Waals surface area contributed by atoms with Crippen molar-refractivity contribution in [2.24, 2.45) is 21.0 Å². The third kappa shape index (κ3) is 5.81. The number of aliphatic imine (C=N–C) groups is 1. The molecule has 2 aromatic rings. The number of rotatable bonds is 7. The monoisotopic (exact) mass is 406 g/mol. The van der Waals surface area contributed by atoms with Gasteiger partial charge in [-0.1, -0.05) is 46.7 Å². The van der Waals surface area contributed by atoms with E-state index in [4.69, 9.17) is 15.4 Å². The van der Waals surface area contributed by atoms with Crippen molar-refractivity contribution in [2.75, 3.05) is 14.2 Å². The highest BCUT2D eigenvalue weighted by molar-refractivity contribution is 6.47. The van der Waals surface area contributed by atoms with Crippen molar-refractivity contribution >= 4 is 17.8 Å². The second-order valence-corrected chi connectivity index (χ2v) is 5.92. The molecule has 154 valence electrons. The van der Waals surface area contributed by atoms with E-state index in [0.29, 0.717) is 22.4 Å². The summed E-state index contributed by atoms with van der Waals surface area (Å²) in [5.41, 5.74) is 7.04. The smallest absolute Gasteiger partial charge is 0.399 e. The van der Waals surface area contributed by atoms with Gasteiger partial charge in [0.05, 0.1) is 11.8 Å². The maximum Gasteiger partial charge on any atom is 0.416 e. The van der Waals surface area contributed by atoms with Gasteiger partial charge in [0.15, 0.2) is 5.71 Å². The van der Waals surface area contributed by atoms with Gasteiger partial charge in [-0.3, -0.25) is 4.99 Å². The SMILES string of the molecule is CN=C(N)/C(=N\OC)c1ccccc1/C=N\OC(C)c1cccc(C(F)(F)F)c1. The molecule has 9 heteroatoms. The van der Waals surface area contributed by atoms with Gasteiger partial charge < -0.3 is 15.4 Å². The molecule has 1 atom stereocenters. The fraction of sp³-hybridized carbons (Fsp3) is 0.250. The zero-order chi connectivity index (χ0) is 21.4. The van der Waals surface area contributed by atoms with Crippen LogP contribution in [0.2, 0.25) is 0 Å². The molecule has 0 saturated heterocycles. The molecule has 2 N–H and O–H groups in total. The van der Waals surface area contributed by atoms with Gasteiger partial charge in [0, 0.05) is 18.2 Å². The first-order valence-electron chi connectivity index (χ1n) is 8.57. The molecule has 2 rings (SSSR count). The summed E-state index contributed by atoms with van der Waals surface area (Å²) in [5.74, 6) is 0.172. The van der Waals surface area contributed by atoms with E-state index in [1.807, 2.05) is 0 Å². The minimum absolute atomic E-state index is 0.172. The van der Waals surface area contributed by atoms with Gasteiger partial charge in [-0.25, -0.2) is 0 Å². The van der Waals surface area contributed by atoms with Crippen molar-refractivity contribution in [2.45, 2.75) is 19.2 Å². The Bertz CT molecular complexity index is 924. The van der Waals surface area contributed by atoms with Crippen LogP contribution in [-0.2, 0) is 15.9 Å². The van der Waals surface area contributed by atoms with Gasteiger partial charge in [-0.05, 0) is 24.6 Å². The van der Waals surface area contributed by atoms with Crippen LogP contribution in [0.3, 0.4) is 0 Å². The van der Waals surface area contributed by atoms with Gasteiger partial charge in [0.2, 0.25) is 0 Å². The number of amidine groups is 1. The first kappa shape index (κ1) is 21.9. The predicted octanol–water partition coefficient (Wildman–Crippen LogP) is 4.15. The first-order valence-corrected chi connectivity index (χ1v) is 8.57. The van der Waals surface area contributed by atoms with Crippen molar-refractivity contribution in [3.05, 3.63) is 70.8 Å². The molecule has 0 heterocycles. The van der Waals surface area contributed by atoms with E-state index in [1.54, 1.807) is 37.3 Å². The number of hydrogen-bond donors (Lipinski definition) is 1. The van der Waals surface area contributed by atoms with E-state index in [9.17, 15) is 13.2 Å². The fourth-order valence-corrected chi connectivity index (χ4v) is 2.46. The van der Waals surface area contributed by atoms with Crippen LogP contribution in [0, 0.1) is 0 Å². The quantitative estimate of drug-likeness (QED) is 0.426. The molecule has 0 aliphatic heterocycles. The lowest BCUT2D eigenvalue weighted by atomic mass is 10.0. The number of halogens is 3. The minimum atomic E-state index is -4.42. The van der Waals surface area contributed by atoms with Gasteiger partial charge >= 0.3 is 6.18 Å². The van der Waals surface area contributed by atoms with E-state index in [1.165, 1.54) is 26.4 Å². The zero-order valence-electron chi connectivity index (χ0n) is 16.1. The Morgan fingerprint density at radius 1 is 1.14 bits per heavy atom. The van der Waals surface area contributed by atoms with Crippen LogP contribution in [0.4, 0.5) is 13.2 Å². The maximum atomic E-state index is 12.9. The molecule has 0 aromatic heterocycles. The molecule has 0 spiro atoms. The third-order valence-corrected chi connectivity index (χ3v) is 3.98. The first-order chi connectivity index (χ1) is 13.8. The fourth-order valence-electron chi connectivity index (χ4n) is 2.46. The number of alkyl halides is 3. The molecule has 0 amide bonds. The topological polar surface area (TPSA) is 81.6 Å². The lowest BCUT2D eigenvalue weighted by Crippen LogP contribution is -2.26. The van der Waals surface area contributed by atoms with Crippen molar-refractivity contribution in [1.82, 2.24) is 0 Å². The Kier molecular flexibility index (Phi) is 7.35. The Morgan fingerprint density at radius 2 is 1.86 bits per heavy atom. The van der Waals surface area contributed by atoms with E-state index in [2.05, 4.69) is 15.3 Å². The minimum Gasteiger partial charge on any atom is -0.399 e. The van der Waals surface area contributed by atoms with Crippen LogP contribution in [0.15, 0.2) is 63.8 Å². The largest absolute Gasteiger partial charge is 0.416 e. The summed E-state index contributed by atoms with van der Waals surface area (Å²) in [6, 6.07) is 12.0. The highest BCUT2D eigenvalue weighted by Crippen LogP contribution is 2.31. The summed E-state index contributed by atoms with van der Waals surface area (Å²) in [7, 11) is 2.91. The molecule has 29 heavy (non-hydrogen) atoms. The molecule has 0 fully saturated rings. The van der Waals surface area contributed by atoms with Gasteiger partial charge in [0.25, 0.3) is 0 Å². The van der Waals surface area contributed by atoms with Crippen LogP contribution in [0.5, 0.6) is 0 Å². The van der Waals surface area contributed by atoms with E-state index in [0.717, 1.165) is 12.1 Å². The summed E-state index contributed by atoms with van der Waals surface area (Å²) in [6.07, 6.45) is -3.68. The highest BCUT2D eigenvalue weighted by Gasteiger charge is 2.30. The van der Waals surface area contributed by atoms with Crippen molar-refractivity contribution in [3.63, 3.8) is 0 Å². The highest BCUT2D eigenvalue weighted by atomic mass is 19.4. The number of nitrogens with two attached hydrogens (primary N) is 1. The van der Waals surface area contributed by atoms with Gasteiger partial charge in [-0.15, -0.1) is 0 Å². The Hall–Kier alpha value is -3.36. The Labute approximate surface area is 166 Å². The van der Waals surface area contributed by atoms with Gasteiger partial charge in [0.1, 0.15) is 19.0 Å². The number of hydrogen-bond acceptors (Lipinski definition) is 5. The normalized spacial score (nSPS) is 14.1. The molecule has 0 bridgehead atoms. The summed E-state index contributed by atoms with van der Waals surface area (Å²) in [5, 5.41) is 7.82. The zero-order valence-corrected chi connectivity index (χ0v) is 16.1. The standard InChI is InChI=1S/C20H21F3N4O2/c1-13(14-8-6-9-16(11-14)20(21,22)23)29-26-12-15-7-4-5-10-17(15)18(27-28-3)19(24)25-2/h4-13H,1-3H3,(H2,24,25)/b26-12-,27-18-. The lowest BCUT2D eigenvalue weighted by Gasteiger charge is -2.13. The van der Waals surface area contributed by atoms with Crippen LogP contribution in [-0.4, -0.2) is 31.9 Å². The summed E-state index contributed by atoms with van der Waals surface area (Å²) in [4.78, 5) is 14.1. The van der Waals surface area contributed by atoms with Crippen LogP contribution in [0.1, 0.15) is 35.3 Å². The third-order valence-electron chi connectivity index (χ3n) is 3.98. The van der Waals surface area contributed by atoms with E-state index in [-0.39, 0.29) is 5.84 Å². The maximum absolute atomic E-state index is 12.9. The summed E-state index contributed by atoms with van der Waals surface area (Å²) in [6.45, 7) is 1.61. The molecule has 0 aliphatic rings.